The van der Waals surface area contributed by atoms with Crippen LogP contribution in [-0.2, 0) is 18.3 Å². The van der Waals surface area contributed by atoms with Crippen molar-refractivity contribution in [3.63, 3.8) is 0 Å². The van der Waals surface area contributed by atoms with E-state index in [1.165, 1.54) is 5.69 Å². The highest BCUT2D eigenvalue weighted by molar-refractivity contribution is 6.07. The summed E-state index contributed by atoms with van der Waals surface area (Å²) in [4.78, 5) is 5.11. The highest BCUT2D eigenvalue weighted by Crippen LogP contribution is 2.41. The van der Waals surface area contributed by atoms with Gasteiger partial charge in [-0.1, -0.05) is 19.0 Å². The van der Waals surface area contributed by atoms with E-state index in [-0.39, 0.29) is 12.2 Å². The fraction of sp³-hybridized carbons (Fsp3) is 0.444. The molecular formula is C18H21N3O3. The lowest BCUT2D eigenvalue weighted by molar-refractivity contribution is 0.174. The van der Waals surface area contributed by atoms with Crippen LogP contribution in [0.25, 0.3) is 11.3 Å². The van der Waals surface area contributed by atoms with E-state index in [4.69, 9.17) is 19.4 Å². The van der Waals surface area contributed by atoms with Crippen LogP contribution in [0.4, 0.5) is 0 Å². The van der Waals surface area contributed by atoms with Gasteiger partial charge in [0.2, 0.25) is 6.79 Å². The van der Waals surface area contributed by atoms with Gasteiger partial charge in [0.05, 0.1) is 5.71 Å². The van der Waals surface area contributed by atoms with Crippen LogP contribution in [-0.4, -0.2) is 29.4 Å². The molecule has 1 aliphatic heterocycles. The van der Waals surface area contributed by atoms with Crippen LogP contribution in [0.3, 0.4) is 0 Å². The highest BCUT2D eigenvalue weighted by Gasteiger charge is 2.35. The van der Waals surface area contributed by atoms with Crippen molar-refractivity contribution in [3.8, 4) is 22.8 Å². The topological polar surface area (TPSA) is 57.9 Å². The molecular weight excluding hydrogens is 306 g/mol. The maximum Gasteiger partial charge on any atom is 0.231 e. The van der Waals surface area contributed by atoms with Gasteiger partial charge in [-0.3, -0.25) is 4.68 Å². The normalized spacial score (nSPS) is 19.4. The molecule has 6 heteroatoms. The maximum absolute atomic E-state index is 5.51. The van der Waals surface area contributed by atoms with Crippen LogP contribution in [0.5, 0.6) is 11.5 Å². The molecule has 1 aromatic carbocycles. The Morgan fingerprint density at radius 2 is 2.00 bits per heavy atom. The predicted molar refractivity (Wildman–Crippen MR) is 90.4 cm³/mol. The summed E-state index contributed by atoms with van der Waals surface area (Å²) in [6.07, 6.45) is 1.82. The number of ether oxygens (including phenoxy) is 2. The first-order valence-electron chi connectivity index (χ1n) is 8.05. The average molecular weight is 327 g/mol. The standard InChI is InChI=1S/C18H21N3O3/c1-18(2)8-12(20-22-4)16-13(9-18)21(3)19-17(16)11-5-6-14-15(7-11)24-10-23-14/h5-7H,8-10H2,1-4H3. The number of benzene rings is 1. The van der Waals surface area contributed by atoms with E-state index in [2.05, 4.69) is 19.0 Å². The number of fused-ring (bicyclic) bond motifs is 2. The molecule has 1 aliphatic carbocycles. The van der Waals surface area contributed by atoms with Crippen molar-refractivity contribution < 1.29 is 14.3 Å². The minimum atomic E-state index is 0.129. The second-order valence-corrected chi connectivity index (χ2v) is 7.10. The van der Waals surface area contributed by atoms with E-state index in [1.54, 1.807) is 7.11 Å². The largest absolute Gasteiger partial charge is 0.454 e. The Kier molecular flexibility index (Phi) is 3.30. The molecule has 24 heavy (non-hydrogen) atoms. The van der Waals surface area contributed by atoms with Gasteiger partial charge < -0.3 is 14.3 Å². The van der Waals surface area contributed by atoms with E-state index in [9.17, 15) is 0 Å². The quantitative estimate of drug-likeness (QED) is 0.795. The number of aromatic nitrogens is 2. The van der Waals surface area contributed by atoms with Gasteiger partial charge in [0, 0.05) is 23.9 Å². The summed E-state index contributed by atoms with van der Waals surface area (Å²) in [5.41, 5.74) is 5.26. The molecule has 0 amide bonds. The molecule has 2 heterocycles. The number of oxime groups is 1. The van der Waals surface area contributed by atoms with Gasteiger partial charge in [-0.25, -0.2) is 0 Å². The molecule has 0 saturated carbocycles. The van der Waals surface area contributed by atoms with Gasteiger partial charge in [-0.2, -0.15) is 5.10 Å². The van der Waals surface area contributed by atoms with Crippen molar-refractivity contribution in [2.75, 3.05) is 13.9 Å². The second kappa shape index (κ2) is 5.26. The van der Waals surface area contributed by atoms with Crippen molar-refractivity contribution in [1.82, 2.24) is 9.78 Å². The zero-order chi connectivity index (χ0) is 16.9. The van der Waals surface area contributed by atoms with Gasteiger partial charge in [0.15, 0.2) is 11.5 Å². The van der Waals surface area contributed by atoms with Gasteiger partial charge in [-0.15, -0.1) is 0 Å². The van der Waals surface area contributed by atoms with Crippen molar-refractivity contribution in [2.45, 2.75) is 26.7 Å². The van der Waals surface area contributed by atoms with Crippen LogP contribution in [0.2, 0.25) is 0 Å². The third-order valence-electron chi connectivity index (χ3n) is 4.59. The van der Waals surface area contributed by atoms with Gasteiger partial charge in [-0.05, 0) is 36.5 Å². The van der Waals surface area contributed by atoms with Crippen molar-refractivity contribution in [3.05, 3.63) is 29.5 Å². The molecule has 0 atom stereocenters. The minimum Gasteiger partial charge on any atom is -0.454 e. The molecule has 4 rings (SSSR count). The number of hydrogen-bond donors (Lipinski definition) is 0. The van der Waals surface area contributed by atoms with E-state index >= 15 is 0 Å². The molecule has 6 nitrogen and oxygen atoms in total. The summed E-state index contributed by atoms with van der Waals surface area (Å²) in [7, 11) is 3.58. The molecule has 0 spiro atoms. The lowest BCUT2D eigenvalue weighted by atomic mass is 9.75. The highest BCUT2D eigenvalue weighted by atomic mass is 16.7. The molecule has 0 N–H and O–H groups in total. The van der Waals surface area contributed by atoms with Crippen LogP contribution >= 0.6 is 0 Å². The maximum atomic E-state index is 5.51. The molecule has 126 valence electrons. The van der Waals surface area contributed by atoms with Crippen LogP contribution in [0.15, 0.2) is 23.4 Å². The Balaban J connectivity index is 1.88. The Morgan fingerprint density at radius 3 is 2.79 bits per heavy atom. The first-order chi connectivity index (χ1) is 11.5. The molecule has 0 radical (unpaired) electrons. The van der Waals surface area contributed by atoms with Crippen molar-refractivity contribution in [2.24, 2.45) is 17.6 Å². The third-order valence-corrected chi connectivity index (χ3v) is 4.59. The van der Waals surface area contributed by atoms with Crippen molar-refractivity contribution in [1.29, 1.82) is 0 Å². The lowest BCUT2D eigenvalue weighted by Crippen LogP contribution is -2.28. The van der Waals surface area contributed by atoms with Crippen LogP contribution < -0.4 is 9.47 Å². The molecule has 0 bridgehead atoms. The summed E-state index contributed by atoms with van der Waals surface area (Å²) >= 11 is 0. The first kappa shape index (κ1) is 15.1. The van der Waals surface area contributed by atoms with E-state index in [1.807, 2.05) is 29.9 Å². The van der Waals surface area contributed by atoms with Crippen LogP contribution in [0, 0.1) is 5.41 Å². The monoisotopic (exact) mass is 327 g/mol. The number of aryl methyl sites for hydroxylation is 1. The molecule has 1 aromatic heterocycles. The zero-order valence-electron chi connectivity index (χ0n) is 14.4. The first-order valence-corrected chi connectivity index (χ1v) is 8.05. The summed E-state index contributed by atoms with van der Waals surface area (Å²) in [6.45, 7) is 4.76. The molecule has 0 fully saturated rings. The van der Waals surface area contributed by atoms with Crippen LogP contribution in [0.1, 0.15) is 31.5 Å². The summed E-state index contributed by atoms with van der Waals surface area (Å²) in [5.74, 6) is 1.53. The summed E-state index contributed by atoms with van der Waals surface area (Å²) in [5, 5.41) is 9.07. The van der Waals surface area contributed by atoms with Crippen molar-refractivity contribution >= 4 is 5.71 Å². The van der Waals surface area contributed by atoms with E-state index < -0.39 is 0 Å². The minimum absolute atomic E-state index is 0.129. The summed E-state index contributed by atoms with van der Waals surface area (Å²) < 4.78 is 12.9. The number of nitrogens with zero attached hydrogens (tertiary/aromatic N) is 3. The molecule has 2 aliphatic rings. The third kappa shape index (κ3) is 2.33. The smallest absolute Gasteiger partial charge is 0.231 e. The second-order valence-electron chi connectivity index (χ2n) is 7.10. The molecule has 2 aromatic rings. The molecule has 0 saturated heterocycles. The van der Waals surface area contributed by atoms with Gasteiger partial charge >= 0.3 is 0 Å². The SMILES string of the molecule is CON=C1CC(C)(C)Cc2c1c(-c1ccc3c(c1)OCO3)nn2C. The summed E-state index contributed by atoms with van der Waals surface area (Å²) in [6, 6.07) is 5.92. The average Bonchev–Trinajstić information content (AvgIpc) is 3.11. The Bertz CT molecular complexity index is 836. The van der Waals surface area contributed by atoms with Gasteiger partial charge in [0.1, 0.15) is 12.8 Å². The zero-order valence-corrected chi connectivity index (χ0v) is 14.4. The lowest BCUT2D eigenvalue weighted by Gasteiger charge is -2.30. The Hall–Kier alpha value is -2.50. The molecule has 0 unspecified atom stereocenters. The van der Waals surface area contributed by atoms with E-state index in [0.29, 0.717) is 0 Å². The fourth-order valence-corrected chi connectivity index (χ4v) is 3.56. The predicted octanol–water partition coefficient (Wildman–Crippen LogP) is 3.14. The van der Waals surface area contributed by atoms with Gasteiger partial charge in [0.25, 0.3) is 0 Å². The fourth-order valence-electron chi connectivity index (χ4n) is 3.56. The Labute approximate surface area is 141 Å². The number of rotatable bonds is 2. The Morgan fingerprint density at radius 1 is 1.21 bits per heavy atom. The number of hydrogen-bond acceptors (Lipinski definition) is 5. The van der Waals surface area contributed by atoms with E-state index in [0.717, 1.165) is 46.9 Å².